The highest BCUT2D eigenvalue weighted by Crippen LogP contribution is 2.43. The molecule has 1 N–H and O–H groups in total. The van der Waals surface area contributed by atoms with E-state index in [-0.39, 0.29) is 12.0 Å². The highest BCUT2D eigenvalue weighted by molar-refractivity contribution is 5.68. The Balaban J connectivity index is 2.64. The Kier molecular flexibility index (Phi) is 2.42. The quantitative estimate of drug-likeness (QED) is 0.690. The highest BCUT2D eigenvalue weighted by atomic mass is 16.4. The molecule has 3 nitrogen and oxygen atoms in total. The first-order valence-electron chi connectivity index (χ1n) is 4.36. The molecule has 0 aromatic heterocycles. The van der Waals surface area contributed by atoms with Crippen LogP contribution in [-0.2, 0) is 4.79 Å². The Bertz CT molecular complexity index is 183. The lowest BCUT2D eigenvalue weighted by Gasteiger charge is -2.35. The van der Waals surface area contributed by atoms with Crippen molar-refractivity contribution in [3.8, 4) is 0 Å². The summed E-state index contributed by atoms with van der Waals surface area (Å²) < 4.78 is 0. The zero-order chi connectivity index (χ0) is 9.35. The molecule has 0 bridgehead atoms. The van der Waals surface area contributed by atoms with Crippen LogP contribution in [0.1, 0.15) is 26.2 Å². The molecule has 0 aromatic rings. The molecule has 0 aliphatic heterocycles. The van der Waals surface area contributed by atoms with Crippen molar-refractivity contribution in [3.05, 3.63) is 0 Å². The SMILES string of the molecule is CN(C)C(C)(CC(=O)O)C1CC1. The van der Waals surface area contributed by atoms with Crippen molar-refractivity contribution in [2.24, 2.45) is 5.92 Å². The molecule has 12 heavy (non-hydrogen) atoms. The third-order valence-electron chi connectivity index (χ3n) is 2.99. The number of rotatable bonds is 4. The Hall–Kier alpha value is -0.570. The normalized spacial score (nSPS) is 22.3. The number of aliphatic carboxylic acids is 1. The molecule has 1 fully saturated rings. The second-order valence-electron chi connectivity index (χ2n) is 4.10. The first kappa shape index (κ1) is 9.52. The van der Waals surface area contributed by atoms with E-state index in [9.17, 15) is 4.79 Å². The maximum Gasteiger partial charge on any atom is 0.305 e. The fourth-order valence-electron chi connectivity index (χ4n) is 1.68. The predicted molar refractivity (Wildman–Crippen MR) is 47.1 cm³/mol. The summed E-state index contributed by atoms with van der Waals surface area (Å²) in [5.41, 5.74) is -0.133. The van der Waals surface area contributed by atoms with Crippen molar-refractivity contribution < 1.29 is 9.90 Å². The summed E-state index contributed by atoms with van der Waals surface area (Å²) in [6, 6.07) is 0. The van der Waals surface area contributed by atoms with Crippen LogP contribution in [0.3, 0.4) is 0 Å². The summed E-state index contributed by atoms with van der Waals surface area (Å²) in [5.74, 6) is -0.110. The number of carboxylic acids is 1. The molecular weight excluding hydrogens is 154 g/mol. The summed E-state index contributed by atoms with van der Waals surface area (Å²) in [6.07, 6.45) is 2.62. The molecular formula is C9H17NO2. The standard InChI is InChI=1S/C9H17NO2/c1-9(10(2)3,6-8(11)12)7-4-5-7/h7H,4-6H2,1-3H3,(H,11,12). The summed E-state index contributed by atoms with van der Waals surface area (Å²) in [7, 11) is 3.92. The number of nitrogens with zero attached hydrogens (tertiary/aromatic N) is 1. The Labute approximate surface area is 73.4 Å². The monoisotopic (exact) mass is 171 g/mol. The smallest absolute Gasteiger partial charge is 0.305 e. The number of hydrogen-bond donors (Lipinski definition) is 1. The van der Waals surface area contributed by atoms with E-state index >= 15 is 0 Å². The second-order valence-corrected chi connectivity index (χ2v) is 4.10. The molecule has 0 spiro atoms. The topological polar surface area (TPSA) is 40.5 Å². The van der Waals surface area contributed by atoms with Gasteiger partial charge in [0.05, 0.1) is 6.42 Å². The molecule has 70 valence electrons. The van der Waals surface area contributed by atoms with Gasteiger partial charge >= 0.3 is 5.97 Å². The molecule has 0 radical (unpaired) electrons. The van der Waals surface area contributed by atoms with E-state index in [0.717, 1.165) is 0 Å². The van der Waals surface area contributed by atoms with Gasteiger partial charge in [0.1, 0.15) is 0 Å². The second kappa shape index (κ2) is 3.05. The highest BCUT2D eigenvalue weighted by Gasteiger charge is 2.44. The van der Waals surface area contributed by atoms with Gasteiger partial charge in [0.2, 0.25) is 0 Å². The van der Waals surface area contributed by atoms with E-state index in [0.29, 0.717) is 5.92 Å². The molecule has 1 unspecified atom stereocenters. The Morgan fingerprint density at radius 1 is 1.58 bits per heavy atom. The largest absolute Gasteiger partial charge is 0.481 e. The van der Waals surface area contributed by atoms with Gasteiger partial charge in [-0.1, -0.05) is 0 Å². The van der Waals surface area contributed by atoms with Gasteiger partial charge in [-0.05, 0) is 39.8 Å². The minimum Gasteiger partial charge on any atom is -0.481 e. The van der Waals surface area contributed by atoms with Crippen LogP contribution in [0.25, 0.3) is 0 Å². The molecule has 0 amide bonds. The van der Waals surface area contributed by atoms with Crippen LogP contribution in [0.5, 0.6) is 0 Å². The van der Waals surface area contributed by atoms with Crippen molar-refractivity contribution >= 4 is 5.97 Å². The van der Waals surface area contributed by atoms with Crippen molar-refractivity contribution in [2.75, 3.05) is 14.1 Å². The first-order chi connectivity index (χ1) is 5.47. The van der Waals surface area contributed by atoms with E-state index in [2.05, 4.69) is 0 Å². The number of carbonyl (C=O) groups is 1. The molecule has 3 heteroatoms. The minimum absolute atomic E-state index is 0.133. The van der Waals surface area contributed by atoms with Gasteiger partial charge in [-0.15, -0.1) is 0 Å². The maximum atomic E-state index is 10.6. The van der Waals surface area contributed by atoms with Crippen LogP contribution < -0.4 is 0 Å². The van der Waals surface area contributed by atoms with Crippen LogP contribution in [0.4, 0.5) is 0 Å². The van der Waals surface area contributed by atoms with Crippen molar-refractivity contribution in [2.45, 2.75) is 31.7 Å². The van der Waals surface area contributed by atoms with Crippen LogP contribution in [0.2, 0.25) is 0 Å². The van der Waals surface area contributed by atoms with Gasteiger partial charge in [0, 0.05) is 5.54 Å². The fourth-order valence-corrected chi connectivity index (χ4v) is 1.68. The van der Waals surface area contributed by atoms with Gasteiger partial charge < -0.3 is 10.0 Å². The van der Waals surface area contributed by atoms with Crippen LogP contribution in [0.15, 0.2) is 0 Å². The Morgan fingerprint density at radius 2 is 2.08 bits per heavy atom. The third-order valence-corrected chi connectivity index (χ3v) is 2.99. The molecule has 0 heterocycles. The lowest BCUT2D eigenvalue weighted by atomic mass is 9.90. The van der Waals surface area contributed by atoms with Gasteiger partial charge in [-0.2, -0.15) is 0 Å². The molecule has 1 rings (SSSR count). The van der Waals surface area contributed by atoms with E-state index in [1.807, 2.05) is 25.9 Å². The summed E-state index contributed by atoms with van der Waals surface area (Å²) in [6.45, 7) is 2.04. The zero-order valence-corrected chi connectivity index (χ0v) is 8.00. The van der Waals surface area contributed by atoms with Gasteiger partial charge in [0.25, 0.3) is 0 Å². The molecule has 0 aromatic carbocycles. The lowest BCUT2D eigenvalue weighted by molar-refractivity contribution is -0.140. The summed E-state index contributed by atoms with van der Waals surface area (Å²) in [5, 5.41) is 8.75. The Morgan fingerprint density at radius 3 is 2.33 bits per heavy atom. The van der Waals surface area contributed by atoms with Crippen molar-refractivity contribution in [3.63, 3.8) is 0 Å². The van der Waals surface area contributed by atoms with E-state index in [4.69, 9.17) is 5.11 Å². The van der Waals surface area contributed by atoms with Gasteiger partial charge in [-0.25, -0.2) is 0 Å². The van der Waals surface area contributed by atoms with E-state index in [1.165, 1.54) is 12.8 Å². The lowest BCUT2D eigenvalue weighted by Crippen LogP contribution is -2.45. The van der Waals surface area contributed by atoms with E-state index in [1.54, 1.807) is 0 Å². The fraction of sp³-hybridized carbons (Fsp3) is 0.889. The first-order valence-corrected chi connectivity index (χ1v) is 4.36. The maximum absolute atomic E-state index is 10.6. The minimum atomic E-state index is -0.696. The molecule has 1 saturated carbocycles. The average Bonchev–Trinajstić information content (AvgIpc) is 2.65. The molecule has 0 saturated heterocycles. The predicted octanol–water partition coefficient (Wildman–Crippen LogP) is 1.19. The molecule has 1 atom stereocenters. The van der Waals surface area contributed by atoms with Crippen molar-refractivity contribution in [1.29, 1.82) is 0 Å². The third kappa shape index (κ3) is 1.78. The van der Waals surface area contributed by atoms with Gasteiger partial charge in [0.15, 0.2) is 0 Å². The van der Waals surface area contributed by atoms with Gasteiger partial charge in [-0.3, -0.25) is 4.79 Å². The molecule has 1 aliphatic carbocycles. The van der Waals surface area contributed by atoms with E-state index < -0.39 is 5.97 Å². The van der Waals surface area contributed by atoms with Crippen molar-refractivity contribution in [1.82, 2.24) is 4.90 Å². The average molecular weight is 171 g/mol. The van der Waals surface area contributed by atoms with Crippen LogP contribution in [0, 0.1) is 5.92 Å². The zero-order valence-electron chi connectivity index (χ0n) is 8.00. The van der Waals surface area contributed by atoms with Crippen LogP contribution in [-0.4, -0.2) is 35.6 Å². The van der Waals surface area contributed by atoms with Crippen LogP contribution >= 0.6 is 0 Å². The summed E-state index contributed by atoms with van der Waals surface area (Å²) in [4.78, 5) is 12.7. The number of carboxylic acid groups (broad SMARTS) is 1. The number of hydrogen-bond acceptors (Lipinski definition) is 2. The molecule has 1 aliphatic rings. The summed E-state index contributed by atoms with van der Waals surface area (Å²) >= 11 is 0.